The first-order valence-corrected chi connectivity index (χ1v) is 8.66. The van der Waals surface area contributed by atoms with Crippen LogP contribution in [0.25, 0.3) is 0 Å². The Balaban J connectivity index is 1.88. The Morgan fingerprint density at radius 3 is 2.36 bits per heavy atom. The number of aromatic nitrogens is 1. The van der Waals surface area contributed by atoms with Crippen LogP contribution in [0.15, 0.2) is 72.9 Å². The number of anilines is 3. The van der Waals surface area contributed by atoms with Gasteiger partial charge in [0.2, 0.25) is 0 Å². The third kappa shape index (κ3) is 4.31. The number of carbonyl (C=O) groups is 1. The molecule has 0 bridgehead atoms. The molecular weight excluding hydrogens is 367 g/mol. The van der Waals surface area contributed by atoms with Gasteiger partial charge in [-0.05, 0) is 43.3 Å². The van der Waals surface area contributed by atoms with E-state index in [2.05, 4.69) is 10.3 Å². The monoisotopic (exact) mass is 385 g/mol. The molecule has 0 aliphatic heterocycles. The molecule has 28 heavy (non-hydrogen) atoms. The number of alkyl halides is 3. The lowest BCUT2D eigenvalue weighted by Crippen LogP contribution is -2.20. The van der Waals surface area contributed by atoms with Crippen molar-refractivity contribution in [3.63, 3.8) is 0 Å². The lowest BCUT2D eigenvalue weighted by Gasteiger charge is -2.23. The van der Waals surface area contributed by atoms with Crippen molar-refractivity contribution in [3.8, 4) is 0 Å². The summed E-state index contributed by atoms with van der Waals surface area (Å²) in [5.41, 5.74) is 0.480. The topological polar surface area (TPSA) is 45.2 Å². The van der Waals surface area contributed by atoms with E-state index in [4.69, 9.17) is 0 Å². The van der Waals surface area contributed by atoms with Crippen molar-refractivity contribution in [2.75, 3.05) is 16.8 Å². The first kappa shape index (κ1) is 19.4. The predicted molar refractivity (Wildman–Crippen MR) is 103 cm³/mol. The van der Waals surface area contributed by atoms with Crippen molar-refractivity contribution in [2.45, 2.75) is 13.1 Å². The second kappa shape index (κ2) is 8.12. The van der Waals surface area contributed by atoms with Crippen LogP contribution in [0, 0.1) is 0 Å². The van der Waals surface area contributed by atoms with Gasteiger partial charge in [-0.1, -0.05) is 30.3 Å². The van der Waals surface area contributed by atoms with E-state index >= 15 is 0 Å². The molecule has 2 aromatic carbocycles. The fraction of sp³-hybridized carbons (Fsp3) is 0.143. The summed E-state index contributed by atoms with van der Waals surface area (Å²) in [5.74, 6) is -0.706. The van der Waals surface area contributed by atoms with Crippen molar-refractivity contribution in [1.82, 2.24) is 4.98 Å². The van der Waals surface area contributed by atoms with Crippen molar-refractivity contribution in [3.05, 3.63) is 84.2 Å². The summed E-state index contributed by atoms with van der Waals surface area (Å²) < 4.78 is 39.4. The van der Waals surface area contributed by atoms with E-state index in [9.17, 15) is 18.0 Å². The Hall–Kier alpha value is -3.35. The highest BCUT2D eigenvalue weighted by Crippen LogP contribution is 2.34. The molecule has 1 aromatic heterocycles. The summed E-state index contributed by atoms with van der Waals surface area (Å²) in [7, 11) is 0. The maximum Gasteiger partial charge on any atom is 0.418 e. The molecule has 0 atom stereocenters. The van der Waals surface area contributed by atoms with Crippen LogP contribution in [-0.4, -0.2) is 17.4 Å². The highest BCUT2D eigenvalue weighted by atomic mass is 19.4. The number of pyridine rings is 1. The fourth-order valence-corrected chi connectivity index (χ4v) is 2.86. The molecule has 0 unspecified atom stereocenters. The number of amides is 1. The van der Waals surface area contributed by atoms with E-state index < -0.39 is 17.6 Å². The molecule has 0 saturated heterocycles. The predicted octanol–water partition coefficient (Wildman–Crippen LogP) is 5.51. The van der Waals surface area contributed by atoms with E-state index in [1.165, 1.54) is 24.4 Å². The minimum atomic E-state index is -4.56. The van der Waals surface area contributed by atoms with Gasteiger partial charge in [0.15, 0.2) is 0 Å². The maximum absolute atomic E-state index is 13.1. The molecule has 1 heterocycles. The van der Waals surface area contributed by atoms with E-state index in [0.29, 0.717) is 6.54 Å². The van der Waals surface area contributed by atoms with Crippen molar-refractivity contribution < 1.29 is 18.0 Å². The van der Waals surface area contributed by atoms with E-state index in [1.807, 2.05) is 42.2 Å². The number of nitrogens with one attached hydrogen (secondary N) is 1. The smallest absolute Gasteiger partial charge is 0.342 e. The highest BCUT2D eigenvalue weighted by molar-refractivity contribution is 6.03. The Morgan fingerprint density at radius 1 is 1.00 bits per heavy atom. The van der Waals surface area contributed by atoms with Gasteiger partial charge in [0.1, 0.15) is 5.69 Å². The van der Waals surface area contributed by atoms with Crippen molar-refractivity contribution in [1.29, 1.82) is 0 Å². The van der Waals surface area contributed by atoms with Crippen LogP contribution < -0.4 is 10.2 Å². The third-order valence-corrected chi connectivity index (χ3v) is 4.15. The Labute approximate surface area is 160 Å². The Bertz CT molecular complexity index is 958. The molecule has 0 radical (unpaired) electrons. The summed E-state index contributed by atoms with van der Waals surface area (Å²) in [6.07, 6.45) is -3.10. The minimum absolute atomic E-state index is 0.0314. The second-order valence-corrected chi connectivity index (χ2v) is 5.98. The quantitative estimate of drug-likeness (QED) is 0.630. The largest absolute Gasteiger partial charge is 0.418 e. The number of para-hydroxylation sites is 2. The Morgan fingerprint density at radius 2 is 1.68 bits per heavy atom. The van der Waals surface area contributed by atoms with Gasteiger partial charge >= 0.3 is 6.18 Å². The zero-order valence-corrected chi connectivity index (χ0v) is 15.1. The van der Waals surface area contributed by atoms with Crippen LogP contribution in [-0.2, 0) is 6.18 Å². The fourth-order valence-electron chi connectivity index (χ4n) is 2.86. The highest BCUT2D eigenvalue weighted by Gasteiger charge is 2.33. The van der Waals surface area contributed by atoms with Crippen molar-refractivity contribution in [2.24, 2.45) is 0 Å². The van der Waals surface area contributed by atoms with Crippen LogP contribution in [0.3, 0.4) is 0 Å². The van der Waals surface area contributed by atoms with Crippen molar-refractivity contribution >= 4 is 23.0 Å². The average Bonchev–Trinajstić information content (AvgIpc) is 2.69. The number of hydrogen-bond donors (Lipinski definition) is 1. The molecule has 3 rings (SSSR count). The molecule has 1 amide bonds. The number of hydrogen-bond acceptors (Lipinski definition) is 3. The first-order valence-electron chi connectivity index (χ1n) is 8.66. The van der Waals surface area contributed by atoms with Gasteiger partial charge in [0, 0.05) is 24.1 Å². The second-order valence-electron chi connectivity index (χ2n) is 5.98. The van der Waals surface area contributed by atoms with Gasteiger partial charge in [-0.2, -0.15) is 13.2 Å². The van der Waals surface area contributed by atoms with E-state index in [0.717, 1.165) is 17.4 Å². The first-order chi connectivity index (χ1) is 13.4. The average molecular weight is 385 g/mol. The van der Waals surface area contributed by atoms with E-state index in [1.54, 1.807) is 12.1 Å². The van der Waals surface area contributed by atoms with Crippen LogP contribution in [0.5, 0.6) is 0 Å². The van der Waals surface area contributed by atoms with Gasteiger partial charge in [-0.25, -0.2) is 0 Å². The zero-order valence-electron chi connectivity index (χ0n) is 15.1. The molecule has 7 heteroatoms. The molecule has 144 valence electrons. The molecule has 1 N–H and O–H groups in total. The standard InChI is InChI=1S/C21H18F3N3O/c1-2-27(15-8-4-3-5-9-15)16-12-13-25-19(14-16)20(28)26-18-11-7-6-10-17(18)21(22,23)24/h3-14H,2H2,1H3,(H,26,28). The summed E-state index contributed by atoms with van der Waals surface area (Å²) in [4.78, 5) is 18.5. The molecule has 0 aliphatic rings. The molecule has 0 fully saturated rings. The number of nitrogens with zero attached hydrogens (tertiary/aromatic N) is 2. The summed E-state index contributed by atoms with van der Waals surface area (Å²) in [5, 5.41) is 2.32. The molecule has 0 spiro atoms. The van der Waals surface area contributed by atoms with Gasteiger partial charge < -0.3 is 10.2 Å². The third-order valence-electron chi connectivity index (χ3n) is 4.15. The lowest BCUT2D eigenvalue weighted by molar-refractivity contribution is -0.136. The van der Waals surface area contributed by atoms with Gasteiger partial charge in [-0.3, -0.25) is 9.78 Å². The van der Waals surface area contributed by atoms with E-state index in [-0.39, 0.29) is 11.4 Å². The van der Waals surface area contributed by atoms with Gasteiger partial charge in [0.05, 0.1) is 11.3 Å². The molecular formula is C21H18F3N3O. The van der Waals surface area contributed by atoms with Gasteiger partial charge in [-0.15, -0.1) is 0 Å². The maximum atomic E-state index is 13.1. The molecule has 0 saturated carbocycles. The molecule has 0 aliphatic carbocycles. The summed E-state index contributed by atoms with van der Waals surface area (Å²) in [6.45, 7) is 2.61. The SMILES string of the molecule is CCN(c1ccccc1)c1ccnc(C(=O)Nc2ccccc2C(F)(F)F)c1. The molecule has 3 aromatic rings. The number of benzene rings is 2. The van der Waals surface area contributed by atoms with Crippen LogP contribution in [0.2, 0.25) is 0 Å². The number of halogens is 3. The lowest BCUT2D eigenvalue weighted by atomic mass is 10.1. The molecule has 4 nitrogen and oxygen atoms in total. The van der Waals surface area contributed by atoms with Crippen LogP contribution in [0.1, 0.15) is 23.0 Å². The van der Waals surface area contributed by atoms with Crippen LogP contribution >= 0.6 is 0 Å². The summed E-state index contributed by atoms with van der Waals surface area (Å²) in [6, 6.07) is 17.7. The van der Waals surface area contributed by atoms with Gasteiger partial charge in [0.25, 0.3) is 5.91 Å². The summed E-state index contributed by atoms with van der Waals surface area (Å²) >= 11 is 0. The number of rotatable bonds is 5. The Kier molecular flexibility index (Phi) is 5.63. The normalized spacial score (nSPS) is 11.1. The zero-order chi connectivity index (χ0) is 20.1. The van der Waals surface area contributed by atoms with Crippen LogP contribution in [0.4, 0.5) is 30.2 Å². The minimum Gasteiger partial charge on any atom is -0.342 e. The number of carbonyl (C=O) groups excluding carboxylic acids is 1.